The maximum absolute atomic E-state index is 4.37. The molecule has 1 saturated heterocycles. The number of rotatable bonds is 0. The fourth-order valence-electron chi connectivity index (χ4n) is 2.24. The van der Waals surface area contributed by atoms with Crippen LogP contribution in [0.2, 0.25) is 0 Å². The summed E-state index contributed by atoms with van der Waals surface area (Å²) in [7, 11) is 2.19. The number of nitrogens with zero attached hydrogens (tertiary/aromatic N) is 2. The maximum atomic E-state index is 4.37. The van der Waals surface area contributed by atoms with E-state index >= 15 is 0 Å². The third-order valence-corrected chi connectivity index (χ3v) is 2.96. The van der Waals surface area contributed by atoms with Gasteiger partial charge >= 0.3 is 0 Å². The van der Waals surface area contributed by atoms with E-state index in [2.05, 4.69) is 23.0 Å². The van der Waals surface area contributed by atoms with Gasteiger partial charge in [-0.15, -0.1) is 0 Å². The third-order valence-electron chi connectivity index (χ3n) is 2.96. The van der Waals surface area contributed by atoms with Gasteiger partial charge in [-0.1, -0.05) is 0 Å². The van der Waals surface area contributed by atoms with Gasteiger partial charge in [-0.2, -0.15) is 0 Å². The molecule has 0 amide bonds. The molecular weight excluding hydrogens is 148 g/mol. The molecule has 62 valence electrons. The van der Waals surface area contributed by atoms with Gasteiger partial charge in [0.2, 0.25) is 0 Å². The van der Waals surface area contributed by atoms with Crippen molar-refractivity contribution < 1.29 is 0 Å². The van der Waals surface area contributed by atoms with Gasteiger partial charge in [-0.05, 0) is 30.7 Å². The fraction of sp³-hybridized carbons (Fsp3) is 0.500. The van der Waals surface area contributed by atoms with Crippen molar-refractivity contribution in [1.29, 1.82) is 0 Å². The molecule has 0 spiro atoms. The first-order chi connectivity index (χ1) is 5.86. The minimum Gasteiger partial charge on any atom is -0.302 e. The number of aliphatic imine (C=N–C) groups is 1. The Morgan fingerprint density at radius 3 is 3.42 bits per heavy atom. The highest BCUT2D eigenvalue weighted by Gasteiger charge is 2.41. The molecule has 2 heterocycles. The number of likely N-dealkylation sites (N-methyl/N-ethyl adjacent to an activating group) is 1. The molecule has 2 aliphatic heterocycles. The Labute approximate surface area is 72.3 Å². The van der Waals surface area contributed by atoms with Crippen LogP contribution >= 0.6 is 0 Å². The molecule has 1 unspecified atom stereocenters. The van der Waals surface area contributed by atoms with Crippen molar-refractivity contribution >= 4 is 6.21 Å². The summed E-state index contributed by atoms with van der Waals surface area (Å²) >= 11 is 0. The minimum absolute atomic E-state index is 0.667. The summed E-state index contributed by atoms with van der Waals surface area (Å²) in [5, 5.41) is 0. The Kier molecular flexibility index (Phi) is 1.14. The lowest BCUT2D eigenvalue weighted by molar-refractivity contribution is 0.374. The Balaban J connectivity index is 2.00. The third kappa shape index (κ3) is 0.758. The van der Waals surface area contributed by atoms with E-state index < -0.39 is 0 Å². The molecule has 0 aromatic rings. The number of hydrogen-bond donors (Lipinski definition) is 0. The quantitative estimate of drug-likeness (QED) is 0.520. The standard InChI is InChI=1S/C10H12N2/c1-12-5-3-8-9-7(6-12)2-4-11-10(8)9/h2,4,9H,3,5-6H2,1H3. The first-order valence-corrected chi connectivity index (χ1v) is 4.51. The van der Waals surface area contributed by atoms with E-state index in [1.807, 2.05) is 6.21 Å². The molecule has 0 aromatic carbocycles. The molecule has 1 fully saturated rings. The van der Waals surface area contributed by atoms with Gasteiger partial charge in [0.15, 0.2) is 0 Å². The average molecular weight is 160 g/mol. The number of allylic oxidation sites excluding steroid dienone is 2. The summed E-state index contributed by atoms with van der Waals surface area (Å²) in [6, 6.07) is 0. The zero-order valence-corrected chi connectivity index (χ0v) is 7.25. The van der Waals surface area contributed by atoms with Crippen molar-refractivity contribution in [2.24, 2.45) is 10.9 Å². The molecule has 2 heteroatoms. The van der Waals surface area contributed by atoms with E-state index in [1.165, 1.54) is 18.7 Å². The lowest BCUT2D eigenvalue weighted by Gasteiger charge is -2.16. The van der Waals surface area contributed by atoms with E-state index in [9.17, 15) is 0 Å². The average Bonchev–Trinajstić information content (AvgIpc) is 2.78. The van der Waals surface area contributed by atoms with Gasteiger partial charge in [0.1, 0.15) is 0 Å². The first kappa shape index (κ1) is 6.61. The molecule has 0 aromatic heterocycles. The van der Waals surface area contributed by atoms with Gasteiger partial charge in [-0.3, -0.25) is 4.99 Å². The monoisotopic (exact) mass is 160 g/mol. The van der Waals surface area contributed by atoms with E-state index in [1.54, 1.807) is 11.1 Å². The molecule has 3 aliphatic rings. The second-order valence-electron chi connectivity index (χ2n) is 3.85. The highest BCUT2D eigenvalue weighted by Crippen LogP contribution is 2.50. The van der Waals surface area contributed by atoms with Gasteiger partial charge in [0.25, 0.3) is 0 Å². The van der Waals surface area contributed by atoms with Gasteiger partial charge < -0.3 is 4.90 Å². The van der Waals surface area contributed by atoms with E-state index in [0.29, 0.717) is 5.92 Å². The summed E-state index contributed by atoms with van der Waals surface area (Å²) in [6.45, 7) is 2.33. The molecule has 0 N–H and O–H groups in total. The first-order valence-electron chi connectivity index (χ1n) is 4.51. The topological polar surface area (TPSA) is 15.6 Å². The predicted molar refractivity (Wildman–Crippen MR) is 49.2 cm³/mol. The highest BCUT2D eigenvalue weighted by molar-refractivity contribution is 5.79. The molecule has 0 bridgehead atoms. The summed E-state index contributed by atoms with van der Waals surface area (Å²) in [5.74, 6) is 0.667. The minimum atomic E-state index is 0.667. The smallest absolute Gasteiger partial charge is 0.0519 e. The van der Waals surface area contributed by atoms with Gasteiger partial charge in [0, 0.05) is 25.2 Å². The highest BCUT2D eigenvalue weighted by atomic mass is 15.1. The normalized spacial score (nSPS) is 32.8. The van der Waals surface area contributed by atoms with Crippen molar-refractivity contribution in [2.75, 3.05) is 20.1 Å². The number of hydrogen-bond acceptors (Lipinski definition) is 2. The van der Waals surface area contributed by atoms with Crippen LogP contribution in [0.3, 0.4) is 0 Å². The molecule has 12 heavy (non-hydrogen) atoms. The summed E-state index contributed by atoms with van der Waals surface area (Å²) in [6.07, 6.45) is 5.36. The Morgan fingerprint density at radius 2 is 2.50 bits per heavy atom. The lowest BCUT2D eigenvalue weighted by Crippen LogP contribution is -2.21. The summed E-state index contributed by atoms with van der Waals surface area (Å²) in [5.41, 5.74) is 4.52. The van der Waals surface area contributed by atoms with E-state index in [4.69, 9.17) is 0 Å². The van der Waals surface area contributed by atoms with Crippen molar-refractivity contribution in [3.8, 4) is 0 Å². The molecule has 3 rings (SSSR count). The van der Waals surface area contributed by atoms with Crippen LogP contribution in [-0.4, -0.2) is 31.3 Å². The Hall–Kier alpha value is -0.890. The second kappa shape index (κ2) is 2.07. The maximum Gasteiger partial charge on any atom is 0.0519 e. The van der Waals surface area contributed by atoms with E-state index in [0.717, 1.165) is 6.54 Å². The zero-order valence-electron chi connectivity index (χ0n) is 7.25. The van der Waals surface area contributed by atoms with Crippen molar-refractivity contribution in [2.45, 2.75) is 6.42 Å². The molecular formula is C10H12N2. The number of dihydropyridines is 1. The second-order valence-corrected chi connectivity index (χ2v) is 3.85. The van der Waals surface area contributed by atoms with Crippen LogP contribution < -0.4 is 0 Å². The van der Waals surface area contributed by atoms with Crippen LogP contribution in [-0.2, 0) is 0 Å². The van der Waals surface area contributed by atoms with Crippen LogP contribution in [0.25, 0.3) is 0 Å². The van der Waals surface area contributed by atoms with Gasteiger partial charge in [0.05, 0.1) is 5.70 Å². The van der Waals surface area contributed by atoms with Crippen LogP contribution in [0.4, 0.5) is 0 Å². The van der Waals surface area contributed by atoms with Crippen LogP contribution in [0.5, 0.6) is 0 Å². The summed E-state index contributed by atoms with van der Waals surface area (Å²) in [4.78, 5) is 6.76. The van der Waals surface area contributed by atoms with Crippen LogP contribution in [0.15, 0.2) is 27.9 Å². The zero-order chi connectivity index (χ0) is 8.13. The van der Waals surface area contributed by atoms with Gasteiger partial charge in [-0.25, -0.2) is 0 Å². The van der Waals surface area contributed by atoms with Crippen molar-refractivity contribution in [1.82, 2.24) is 4.90 Å². The van der Waals surface area contributed by atoms with Crippen LogP contribution in [0.1, 0.15) is 6.42 Å². The van der Waals surface area contributed by atoms with Crippen molar-refractivity contribution in [3.63, 3.8) is 0 Å². The largest absolute Gasteiger partial charge is 0.302 e. The molecule has 0 radical (unpaired) electrons. The Morgan fingerprint density at radius 1 is 1.58 bits per heavy atom. The van der Waals surface area contributed by atoms with Crippen LogP contribution in [0, 0.1) is 5.92 Å². The predicted octanol–water partition coefficient (Wildman–Crippen LogP) is 1.22. The molecule has 1 aliphatic carbocycles. The fourth-order valence-corrected chi connectivity index (χ4v) is 2.24. The molecule has 1 atom stereocenters. The van der Waals surface area contributed by atoms with Crippen molar-refractivity contribution in [3.05, 3.63) is 22.9 Å². The number of likely N-dealkylation sites (tertiary alicyclic amines) is 1. The Bertz CT molecular complexity index is 323. The van der Waals surface area contributed by atoms with E-state index in [-0.39, 0.29) is 0 Å². The lowest BCUT2D eigenvalue weighted by atomic mass is 10.1. The molecule has 0 saturated carbocycles. The SMILES string of the molecule is CN1CCC2=C3N=CC=C(C1)C23. The molecule has 2 nitrogen and oxygen atoms in total. The summed E-state index contributed by atoms with van der Waals surface area (Å²) < 4.78 is 0.